The third-order valence-electron chi connectivity index (χ3n) is 5.81. The SMILES string of the molecule is COC(=O)C1CCCN1c1c(S(=O)(=O)c2ccccc2Cl)c(C)nn1-c1ccc(C(F)(F)F)cc1. The Morgan fingerprint density at radius 1 is 1.14 bits per heavy atom. The van der Waals surface area contributed by atoms with E-state index in [0.29, 0.717) is 19.4 Å². The van der Waals surface area contributed by atoms with Crippen LogP contribution in [0.3, 0.4) is 0 Å². The van der Waals surface area contributed by atoms with Crippen LogP contribution in [0.1, 0.15) is 24.1 Å². The number of rotatable bonds is 5. The van der Waals surface area contributed by atoms with Gasteiger partial charge in [-0.1, -0.05) is 23.7 Å². The number of anilines is 1. The number of benzene rings is 2. The fourth-order valence-corrected chi connectivity index (χ4v) is 6.33. The zero-order chi connectivity index (χ0) is 25.5. The molecule has 3 aromatic rings. The van der Waals surface area contributed by atoms with Gasteiger partial charge in [0.25, 0.3) is 0 Å². The van der Waals surface area contributed by atoms with E-state index < -0.39 is 33.6 Å². The van der Waals surface area contributed by atoms with Crippen molar-refractivity contribution in [3.8, 4) is 5.69 Å². The highest BCUT2D eigenvalue weighted by molar-refractivity contribution is 7.91. The van der Waals surface area contributed by atoms with Crippen molar-refractivity contribution in [2.24, 2.45) is 0 Å². The van der Waals surface area contributed by atoms with Gasteiger partial charge in [-0.3, -0.25) is 0 Å². The first kappa shape index (κ1) is 25.1. The van der Waals surface area contributed by atoms with Gasteiger partial charge in [0.1, 0.15) is 10.9 Å². The Morgan fingerprint density at radius 3 is 2.40 bits per heavy atom. The summed E-state index contributed by atoms with van der Waals surface area (Å²) in [5.41, 5.74) is -0.549. The van der Waals surface area contributed by atoms with E-state index in [0.717, 1.165) is 12.1 Å². The van der Waals surface area contributed by atoms with Crippen LogP contribution in [-0.4, -0.2) is 43.9 Å². The van der Waals surface area contributed by atoms with Crippen molar-refractivity contribution in [1.82, 2.24) is 9.78 Å². The van der Waals surface area contributed by atoms with Crippen molar-refractivity contribution >= 4 is 33.2 Å². The number of nitrogens with zero attached hydrogens (tertiary/aromatic N) is 3. The molecule has 0 N–H and O–H groups in total. The molecule has 0 saturated carbocycles. The molecule has 0 aliphatic carbocycles. The summed E-state index contributed by atoms with van der Waals surface area (Å²) in [7, 11) is -3.00. The zero-order valence-corrected chi connectivity index (χ0v) is 20.3. The second-order valence-electron chi connectivity index (χ2n) is 8.00. The van der Waals surface area contributed by atoms with Gasteiger partial charge in [0.15, 0.2) is 5.82 Å². The van der Waals surface area contributed by atoms with Gasteiger partial charge >= 0.3 is 12.1 Å². The van der Waals surface area contributed by atoms with Crippen LogP contribution < -0.4 is 4.90 Å². The van der Waals surface area contributed by atoms with Gasteiger partial charge in [0, 0.05) is 6.54 Å². The van der Waals surface area contributed by atoms with Crippen LogP contribution in [0.15, 0.2) is 58.3 Å². The molecule has 0 radical (unpaired) electrons. The Morgan fingerprint density at radius 2 is 1.80 bits per heavy atom. The number of aromatic nitrogens is 2. The van der Waals surface area contributed by atoms with Crippen molar-refractivity contribution in [3.63, 3.8) is 0 Å². The molecule has 1 saturated heterocycles. The molecule has 1 aliphatic heterocycles. The van der Waals surface area contributed by atoms with Gasteiger partial charge in [-0.05, 0) is 56.2 Å². The van der Waals surface area contributed by atoms with E-state index in [-0.39, 0.29) is 32.0 Å². The van der Waals surface area contributed by atoms with Crippen molar-refractivity contribution < 1.29 is 31.1 Å². The number of methoxy groups -OCH3 is 1. The molecule has 35 heavy (non-hydrogen) atoms. The third kappa shape index (κ3) is 4.50. The lowest BCUT2D eigenvalue weighted by Crippen LogP contribution is -2.38. The summed E-state index contributed by atoms with van der Waals surface area (Å²) < 4.78 is 73.1. The van der Waals surface area contributed by atoms with E-state index >= 15 is 0 Å². The minimum Gasteiger partial charge on any atom is -0.467 e. The second-order valence-corrected chi connectivity index (χ2v) is 10.3. The number of sulfone groups is 1. The van der Waals surface area contributed by atoms with E-state index in [4.69, 9.17) is 16.3 Å². The van der Waals surface area contributed by atoms with Crippen molar-refractivity contribution in [3.05, 3.63) is 64.8 Å². The van der Waals surface area contributed by atoms with Crippen LogP contribution >= 0.6 is 11.6 Å². The van der Waals surface area contributed by atoms with E-state index in [2.05, 4.69) is 5.10 Å². The molecule has 7 nitrogen and oxygen atoms in total. The minimum absolute atomic E-state index is 0.00562. The van der Waals surface area contributed by atoms with Crippen molar-refractivity contribution in [1.29, 1.82) is 0 Å². The average molecular weight is 528 g/mol. The largest absolute Gasteiger partial charge is 0.467 e. The molecule has 0 amide bonds. The summed E-state index contributed by atoms with van der Waals surface area (Å²) in [6, 6.07) is 9.32. The number of ether oxygens (including phenoxy) is 1. The quantitative estimate of drug-likeness (QED) is 0.442. The Kier molecular flexibility index (Phi) is 6.58. The molecule has 1 unspecified atom stereocenters. The predicted molar refractivity (Wildman–Crippen MR) is 123 cm³/mol. The zero-order valence-electron chi connectivity index (χ0n) is 18.7. The fourth-order valence-electron chi connectivity index (χ4n) is 4.21. The smallest absolute Gasteiger partial charge is 0.416 e. The van der Waals surface area contributed by atoms with E-state index in [1.165, 1.54) is 49.0 Å². The molecule has 0 bridgehead atoms. The monoisotopic (exact) mass is 527 g/mol. The number of carbonyl (C=O) groups is 1. The molecular weight excluding hydrogens is 507 g/mol. The molecular formula is C23H21ClF3N3O4S. The van der Waals surface area contributed by atoms with Gasteiger partial charge in [-0.25, -0.2) is 17.9 Å². The minimum atomic E-state index is -4.54. The molecule has 1 fully saturated rings. The normalized spacial score (nSPS) is 16.5. The Balaban J connectivity index is 1.97. The first-order chi connectivity index (χ1) is 16.5. The highest BCUT2D eigenvalue weighted by Gasteiger charge is 2.40. The molecule has 12 heteroatoms. The van der Waals surface area contributed by atoms with E-state index in [9.17, 15) is 26.4 Å². The van der Waals surface area contributed by atoms with E-state index in [1.54, 1.807) is 11.0 Å². The van der Waals surface area contributed by atoms with E-state index in [1.807, 2.05) is 0 Å². The number of aryl methyl sites for hydroxylation is 1. The number of alkyl halides is 3. The Hall–Kier alpha value is -3.05. The van der Waals surface area contributed by atoms with Crippen LogP contribution in [-0.2, 0) is 25.5 Å². The highest BCUT2D eigenvalue weighted by Crippen LogP contribution is 2.40. The molecule has 0 spiro atoms. The second kappa shape index (κ2) is 9.19. The van der Waals surface area contributed by atoms with Crippen LogP contribution in [0.5, 0.6) is 0 Å². The summed E-state index contributed by atoms with van der Waals surface area (Å²) in [4.78, 5) is 13.8. The van der Waals surface area contributed by atoms with Crippen LogP contribution in [0.4, 0.5) is 19.0 Å². The molecule has 1 atom stereocenters. The topological polar surface area (TPSA) is 81.5 Å². The fraction of sp³-hybridized carbons (Fsp3) is 0.304. The van der Waals surface area contributed by atoms with Crippen LogP contribution in [0.2, 0.25) is 5.02 Å². The van der Waals surface area contributed by atoms with Crippen LogP contribution in [0, 0.1) is 6.92 Å². The molecule has 1 aliphatic rings. The first-order valence-corrected chi connectivity index (χ1v) is 12.4. The Bertz CT molecular complexity index is 1370. The van der Waals surface area contributed by atoms with Gasteiger partial charge in [-0.2, -0.15) is 18.3 Å². The lowest BCUT2D eigenvalue weighted by molar-refractivity contribution is -0.142. The number of hydrogen-bond donors (Lipinski definition) is 0. The Labute approximate surface area is 205 Å². The summed E-state index contributed by atoms with van der Waals surface area (Å²) in [5.74, 6) is -0.489. The van der Waals surface area contributed by atoms with Gasteiger partial charge in [0.05, 0.1) is 34.0 Å². The average Bonchev–Trinajstić information content (AvgIpc) is 3.42. The first-order valence-electron chi connectivity index (χ1n) is 10.6. The van der Waals surface area contributed by atoms with Gasteiger partial charge in [0.2, 0.25) is 9.84 Å². The maximum absolute atomic E-state index is 13.8. The lowest BCUT2D eigenvalue weighted by Gasteiger charge is -2.26. The molecule has 4 rings (SSSR count). The predicted octanol–water partition coefficient (Wildman–Crippen LogP) is 4.83. The standard InChI is InChI=1S/C23H21ClF3N3O4S/c1-14-20(35(32,33)19-8-4-3-6-17(19)24)21(29-13-5-7-18(29)22(31)34-2)30(28-14)16-11-9-15(10-12-16)23(25,26)27/h3-4,6,8-12,18H,5,7,13H2,1-2H3. The lowest BCUT2D eigenvalue weighted by atomic mass is 10.2. The number of esters is 1. The molecule has 1 aromatic heterocycles. The number of halogens is 4. The summed E-state index contributed by atoms with van der Waals surface area (Å²) in [6.07, 6.45) is -3.55. The highest BCUT2D eigenvalue weighted by atomic mass is 35.5. The molecule has 2 heterocycles. The summed E-state index contributed by atoms with van der Waals surface area (Å²) in [6.45, 7) is 1.80. The summed E-state index contributed by atoms with van der Waals surface area (Å²) in [5, 5.41) is 4.38. The third-order valence-corrected chi connectivity index (χ3v) is 8.21. The van der Waals surface area contributed by atoms with Crippen molar-refractivity contribution in [2.75, 3.05) is 18.6 Å². The number of hydrogen-bond acceptors (Lipinski definition) is 6. The number of carbonyl (C=O) groups excluding carboxylic acids is 1. The van der Waals surface area contributed by atoms with Gasteiger partial charge < -0.3 is 9.64 Å². The maximum atomic E-state index is 13.8. The van der Waals surface area contributed by atoms with Crippen molar-refractivity contribution in [2.45, 2.75) is 41.8 Å². The molecule has 186 valence electrons. The van der Waals surface area contributed by atoms with Crippen LogP contribution in [0.25, 0.3) is 5.69 Å². The van der Waals surface area contributed by atoms with Gasteiger partial charge in [-0.15, -0.1) is 0 Å². The maximum Gasteiger partial charge on any atom is 0.416 e. The molecule has 2 aromatic carbocycles. The summed E-state index contributed by atoms with van der Waals surface area (Å²) >= 11 is 6.21.